The van der Waals surface area contributed by atoms with Crippen molar-refractivity contribution in [1.82, 2.24) is 4.90 Å². The fourth-order valence-electron chi connectivity index (χ4n) is 1.96. The van der Waals surface area contributed by atoms with Crippen LogP contribution in [0, 0.1) is 5.92 Å². The van der Waals surface area contributed by atoms with Crippen LogP contribution in [0.5, 0.6) is 0 Å². The smallest absolute Gasteiger partial charge is 0.255 e. The van der Waals surface area contributed by atoms with Gasteiger partial charge in [0.1, 0.15) is 0 Å². The fourth-order valence-corrected chi connectivity index (χ4v) is 2.18. The van der Waals surface area contributed by atoms with Gasteiger partial charge in [-0.3, -0.25) is 4.79 Å². The average Bonchev–Trinajstić information content (AvgIpc) is 2.59. The molecule has 3 nitrogen and oxygen atoms in total. The second-order valence-electron chi connectivity index (χ2n) is 4.33. The number of carbonyl (C=O) groups is 1. The second kappa shape index (κ2) is 4.44. The van der Waals surface area contributed by atoms with Crippen LogP contribution < -0.4 is 5.73 Å². The van der Waals surface area contributed by atoms with E-state index < -0.39 is 0 Å². The van der Waals surface area contributed by atoms with Gasteiger partial charge in [0.2, 0.25) is 0 Å². The molecule has 0 bridgehead atoms. The standard InChI is InChI=1S/C12H15ClN2O/c1-8-6-15(7-11(8)14)12(16)9-4-2-3-5-10(9)13/h2-5,8,11H,6-7,14H2,1H3. The van der Waals surface area contributed by atoms with Crippen molar-refractivity contribution in [2.75, 3.05) is 13.1 Å². The molecule has 1 heterocycles. The van der Waals surface area contributed by atoms with E-state index in [0.717, 1.165) is 0 Å². The third-order valence-corrected chi connectivity index (χ3v) is 3.39. The predicted octanol–water partition coefficient (Wildman–Crippen LogP) is 1.76. The monoisotopic (exact) mass is 238 g/mol. The molecule has 1 aromatic carbocycles. The van der Waals surface area contributed by atoms with Crippen molar-refractivity contribution >= 4 is 17.5 Å². The summed E-state index contributed by atoms with van der Waals surface area (Å²) in [4.78, 5) is 13.9. The van der Waals surface area contributed by atoms with Crippen LogP contribution in [0.25, 0.3) is 0 Å². The number of hydrogen-bond acceptors (Lipinski definition) is 2. The molecule has 0 aromatic heterocycles. The van der Waals surface area contributed by atoms with Crippen molar-refractivity contribution in [2.24, 2.45) is 11.7 Å². The molecule has 2 atom stereocenters. The molecule has 1 fully saturated rings. The normalized spacial score (nSPS) is 24.8. The van der Waals surface area contributed by atoms with Gasteiger partial charge in [0.15, 0.2) is 0 Å². The van der Waals surface area contributed by atoms with Gasteiger partial charge >= 0.3 is 0 Å². The lowest BCUT2D eigenvalue weighted by atomic mass is 10.1. The molecule has 1 saturated heterocycles. The number of nitrogens with zero attached hydrogens (tertiary/aromatic N) is 1. The molecular formula is C12H15ClN2O. The van der Waals surface area contributed by atoms with Crippen LogP contribution in [-0.4, -0.2) is 29.9 Å². The van der Waals surface area contributed by atoms with Gasteiger partial charge in [-0.15, -0.1) is 0 Å². The first-order valence-electron chi connectivity index (χ1n) is 5.39. The average molecular weight is 239 g/mol. The minimum atomic E-state index is -0.0228. The third-order valence-electron chi connectivity index (χ3n) is 3.06. The summed E-state index contributed by atoms with van der Waals surface area (Å²) < 4.78 is 0. The summed E-state index contributed by atoms with van der Waals surface area (Å²) in [6.07, 6.45) is 0. The van der Waals surface area contributed by atoms with Crippen molar-refractivity contribution in [2.45, 2.75) is 13.0 Å². The lowest BCUT2D eigenvalue weighted by Crippen LogP contribution is -2.32. The maximum Gasteiger partial charge on any atom is 0.255 e. The number of nitrogens with two attached hydrogens (primary N) is 1. The van der Waals surface area contributed by atoms with E-state index >= 15 is 0 Å². The van der Waals surface area contributed by atoms with E-state index in [-0.39, 0.29) is 11.9 Å². The van der Waals surface area contributed by atoms with Gasteiger partial charge in [-0.1, -0.05) is 30.7 Å². The topological polar surface area (TPSA) is 46.3 Å². The number of hydrogen-bond donors (Lipinski definition) is 1. The summed E-state index contributed by atoms with van der Waals surface area (Å²) in [7, 11) is 0. The van der Waals surface area contributed by atoms with Crippen molar-refractivity contribution in [3.8, 4) is 0 Å². The molecule has 0 radical (unpaired) electrons. The number of likely N-dealkylation sites (tertiary alicyclic amines) is 1. The largest absolute Gasteiger partial charge is 0.337 e. The molecule has 1 amide bonds. The van der Waals surface area contributed by atoms with E-state index in [1.807, 2.05) is 12.1 Å². The van der Waals surface area contributed by atoms with Gasteiger partial charge in [-0.05, 0) is 18.1 Å². The van der Waals surface area contributed by atoms with Crippen LogP contribution >= 0.6 is 11.6 Å². The summed E-state index contributed by atoms with van der Waals surface area (Å²) >= 11 is 5.99. The molecule has 1 aliphatic heterocycles. The van der Waals surface area contributed by atoms with Crippen LogP contribution in [0.1, 0.15) is 17.3 Å². The zero-order chi connectivity index (χ0) is 11.7. The highest BCUT2D eigenvalue weighted by Crippen LogP contribution is 2.21. The summed E-state index contributed by atoms with van der Waals surface area (Å²) in [5, 5.41) is 0.501. The second-order valence-corrected chi connectivity index (χ2v) is 4.74. The fraction of sp³-hybridized carbons (Fsp3) is 0.417. The minimum absolute atomic E-state index is 0.0228. The molecular weight excluding hydrogens is 224 g/mol. The van der Waals surface area contributed by atoms with Gasteiger partial charge < -0.3 is 10.6 Å². The van der Waals surface area contributed by atoms with Gasteiger partial charge in [0.05, 0.1) is 10.6 Å². The molecule has 16 heavy (non-hydrogen) atoms. The van der Waals surface area contributed by atoms with E-state index in [0.29, 0.717) is 29.6 Å². The lowest BCUT2D eigenvalue weighted by molar-refractivity contribution is 0.0787. The molecule has 2 N–H and O–H groups in total. The predicted molar refractivity (Wildman–Crippen MR) is 64.5 cm³/mol. The molecule has 2 unspecified atom stereocenters. The van der Waals surface area contributed by atoms with Gasteiger partial charge in [0, 0.05) is 19.1 Å². The highest BCUT2D eigenvalue weighted by atomic mass is 35.5. The van der Waals surface area contributed by atoms with E-state index in [1.54, 1.807) is 17.0 Å². The van der Waals surface area contributed by atoms with Crippen LogP contribution in [0.2, 0.25) is 5.02 Å². The maximum atomic E-state index is 12.1. The summed E-state index contributed by atoms with van der Waals surface area (Å²) in [6, 6.07) is 7.19. The molecule has 86 valence electrons. The Hall–Kier alpha value is -1.06. The van der Waals surface area contributed by atoms with Crippen LogP contribution in [0.3, 0.4) is 0 Å². The summed E-state index contributed by atoms with van der Waals surface area (Å²) in [6.45, 7) is 3.39. The Balaban J connectivity index is 2.18. The number of halogens is 1. The maximum absolute atomic E-state index is 12.1. The molecule has 1 aliphatic rings. The third kappa shape index (κ3) is 2.06. The SMILES string of the molecule is CC1CN(C(=O)c2ccccc2Cl)CC1N. The van der Waals surface area contributed by atoms with E-state index in [9.17, 15) is 4.79 Å². The van der Waals surface area contributed by atoms with E-state index in [1.165, 1.54) is 0 Å². The number of amides is 1. The van der Waals surface area contributed by atoms with Crippen molar-refractivity contribution < 1.29 is 4.79 Å². The highest BCUT2D eigenvalue weighted by Gasteiger charge is 2.30. The minimum Gasteiger partial charge on any atom is -0.337 e. The Kier molecular flexibility index (Phi) is 3.17. The Labute approximate surface area is 100 Å². The van der Waals surface area contributed by atoms with E-state index in [4.69, 9.17) is 17.3 Å². The lowest BCUT2D eigenvalue weighted by Gasteiger charge is -2.16. The Morgan fingerprint density at radius 3 is 2.69 bits per heavy atom. The molecule has 0 aliphatic carbocycles. The quantitative estimate of drug-likeness (QED) is 0.811. The number of rotatable bonds is 1. The zero-order valence-corrected chi connectivity index (χ0v) is 9.95. The van der Waals surface area contributed by atoms with Gasteiger partial charge in [0.25, 0.3) is 5.91 Å². The number of benzene rings is 1. The Bertz CT molecular complexity index is 398. The Morgan fingerprint density at radius 1 is 1.44 bits per heavy atom. The van der Waals surface area contributed by atoms with Crippen molar-refractivity contribution in [1.29, 1.82) is 0 Å². The number of carbonyl (C=O) groups excluding carboxylic acids is 1. The molecule has 0 saturated carbocycles. The first kappa shape index (κ1) is 11.4. The van der Waals surface area contributed by atoms with Crippen LogP contribution in [-0.2, 0) is 0 Å². The van der Waals surface area contributed by atoms with Crippen LogP contribution in [0.4, 0.5) is 0 Å². The first-order chi connectivity index (χ1) is 7.59. The molecule has 1 aromatic rings. The highest BCUT2D eigenvalue weighted by molar-refractivity contribution is 6.33. The van der Waals surface area contributed by atoms with Gasteiger partial charge in [-0.25, -0.2) is 0 Å². The van der Waals surface area contributed by atoms with Crippen LogP contribution in [0.15, 0.2) is 24.3 Å². The molecule has 0 spiro atoms. The Morgan fingerprint density at radius 2 is 2.12 bits per heavy atom. The summed E-state index contributed by atoms with van der Waals surface area (Å²) in [5.74, 6) is 0.330. The van der Waals surface area contributed by atoms with E-state index in [2.05, 4.69) is 6.92 Å². The van der Waals surface area contributed by atoms with Gasteiger partial charge in [-0.2, -0.15) is 0 Å². The molecule has 2 rings (SSSR count). The summed E-state index contributed by atoms with van der Waals surface area (Å²) in [5.41, 5.74) is 6.46. The van der Waals surface area contributed by atoms with Crippen molar-refractivity contribution in [3.63, 3.8) is 0 Å². The molecule has 4 heteroatoms. The first-order valence-corrected chi connectivity index (χ1v) is 5.76. The zero-order valence-electron chi connectivity index (χ0n) is 9.19. The van der Waals surface area contributed by atoms with Crippen molar-refractivity contribution in [3.05, 3.63) is 34.9 Å².